The minimum atomic E-state index is -0.0435. The maximum Gasteiger partial charge on any atom is 0.242 e. The first kappa shape index (κ1) is 10.2. The minimum Gasteiger partial charge on any atom is -0.375 e. The SMILES string of the molecule is CC(C)C(=O)N/N=C1/CCCOC1. The minimum absolute atomic E-state index is 0.0196. The predicted molar refractivity (Wildman–Crippen MR) is 50.5 cm³/mol. The van der Waals surface area contributed by atoms with Crippen LogP contribution in [0.3, 0.4) is 0 Å². The number of ether oxygens (including phenoxy) is 1. The molecule has 13 heavy (non-hydrogen) atoms. The van der Waals surface area contributed by atoms with E-state index < -0.39 is 0 Å². The van der Waals surface area contributed by atoms with Crippen molar-refractivity contribution < 1.29 is 9.53 Å². The Morgan fingerprint density at radius 1 is 1.62 bits per heavy atom. The first-order valence-corrected chi connectivity index (χ1v) is 4.63. The van der Waals surface area contributed by atoms with Crippen molar-refractivity contribution in [3.05, 3.63) is 0 Å². The summed E-state index contributed by atoms with van der Waals surface area (Å²) < 4.78 is 5.19. The zero-order chi connectivity index (χ0) is 9.68. The molecule has 0 aliphatic carbocycles. The van der Waals surface area contributed by atoms with Crippen LogP contribution in [0.5, 0.6) is 0 Å². The van der Waals surface area contributed by atoms with Crippen LogP contribution in [0.15, 0.2) is 5.10 Å². The van der Waals surface area contributed by atoms with Gasteiger partial charge in [-0.2, -0.15) is 5.10 Å². The first-order valence-electron chi connectivity index (χ1n) is 4.63. The van der Waals surface area contributed by atoms with Gasteiger partial charge in [0.25, 0.3) is 0 Å². The maximum atomic E-state index is 11.1. The van der Waals surface area contributed by atoms with Gasteiger partial charge < -0.3 is 4.74 Å². The van der Waals surface area contributed by atoms with Gasteiger partial charge in [0.2, 0.25) is 5.91 Å². The van der Waals surface area contributed by atoms with Gasteiger partial charge in [0.05, 0.1) is 12.3 Å². The second kappa shape index (κ2) is 4.97. The Morgan fingerprint density at radius 3 is 2.92 bits per heavy atom. The van der Waals surface area contributed by atoms with Gasteiger partial charge in [0, 0.05) is 12.5 Å². The quantitative estimate of drug-likeness (QED) is 0.649. The Bertz CT molecular complexity index is 204. The normalized spacial score (nSPS) is 20.7. The predicted octanol–water partition coefficient (Wildman–Crippen LogP) is 0.925. The molecule has 0 saturated carbocycles. The van der Waals surface area contributed by atoms with Crippen LogP contribution in [0, 0.1) is 5.92 Å². The van der Waals surface area contributed by atoms with E-state index in [0.29, 0.717) is 6.61 Å². The molecule has 0 spiro atoms. The summed E-state index contributed by atoms with van der Waals surface area (Å²) in [6.45, 7) is 5.04. The van der Waals surface area contributed by atoms with Gasteiger partial charge in [-0.25, -0.2) is 5.43 Å². The van der Waals surface area contributed by atoms with E-state index in [-0.39, 0.29) is 11.8 Å². The molecular formula is C9H16N2O2. The van der Waals surface area contributed by atoms with Crippen LogP contribution >= 0.6 is 0 Å². The summed E-state index contributed by atoms with van der Waals surface area (Å²) in [6, 6.07) is 0. The number of rotatable bonds is 2. The van der Waals surface area contributed by atoms with Crippen LogP contribution in [0.2, 0.25) is 0 Å². The number of hydrogen-bond donors (Lipinski definition) is 1. The van der Waals surface area contributed by atoms with E-state index in [1.54, 1.807) is 0 Å². The van der Waals surface area contributed by atoms with Gasteiger partial charge in [-0.1, -0.05) is 13.8 Å². The second-order valence-electron chi connectivity index (χ2n) is 3.46. The summed E-state index contributed by atoms with van der Waals surface area (Å²) in [5, 5.41) is 4.00. The van der Waals surface area contributed by atoms with Gasteiger partial charge in [0.15, 0.2) is 0 Å². The van der Waals surface area contributed by atoms with Crippen LogP contribution in [-0.2, 0) is 9.53 Å². The molecule has 0 radical (unpaired) electrons. The summed E-state index contributed by atoms with van der Waals surface area (Å²) in [5.41, 5.74) is 3.45. The van der Waals surface area contributed by atoms with Crippen molar-refractivity contribution in [2.24, 2.45) is 11.0 Å². The van der Waals surface area contributed by atoms with E-state index in [1.807, 2.05) is 13.8 Å². The molecular weight excluding hydrogens is 168 g/mol. The zero-order valence-corrected chi connectivity index (χ0v) is 8.17. The van der Waals surface area contributed by atoms with E-state index in [9.17, 15) is 4.79 Å². The fourth-order valence-corrected chi connectivity index (χ4v) is 0.992. The summed E-state index contributed by atoms with van der Waals surface area (Å²) in [4.78, 5) is 11.1. The highest BCUT2D eigenvalue weighted by atomic mass is 16.5. The van der Waals surface area contributed by atoms with Gasteiger partial charge >= 0.3 is 0 Å². The smallest absolute Gasteiger partial charge is 0.242 e. The molecule has 1 saturated heterocycles. The van der Waals surface area contributed by atoms with E-state index in [0.717, 1.165) is 25.2 Å². The van der Waals surface area contributed by atoms with Crippen LogP contribution < -0.4 is 5.43 Å². The molecule has 1 N–H and O–H groups in total. The Kier molecular flexibility index (Phi) is 3.89. The van der Waals surface area contributed by atoms with E-state index >= 15 is 0 Å². The van der Waals surface area contributed by atoms with Crippen LogP contribution in [0.4, 0.5) is 0 Å². The van der Waals surface area contributed by atoms with Crippen molar-refractivity contribution in [1.29, 1.82) is 0 Å². The highest BCUT2D eigenvalue weighted by molar-refractivity contribution is 5.88. The topological polar surface area (TPSA) is 50.7 Å². The Labute approximate surface area is 78.3 Å². The molecule has 0 aromatic heterocycles. The monoisotopic (exact) mass is 184 g/mol. The fraction of sp³-hybridized carbons (Fsp3) is 0.778. The molecule has 4 heteroatoms. The Morgan fingerprint density at radius 2 is 2.38 bits per heavy atom. The average molecular weight is 184 g/mol. The van der Waals surface area contributed by atoms with Crippen LogP contribution in [-0.4, -0.2) is 24.8 Å². The van der Waals surface area contributed by atoms with Crippen molar-refractivity contribution in [1.82, 2.24) is 5.43 Å². The van der Waals surface area contributed by atoms with Gasteiger partial charge in [-0.15, -0.1) is 0 Å². The van der Waals surface area contributed by atoms with E-state index in [4.69, 9.17) is 4.74 Å². The number of nitrogens with one attached hydrogen (secondary N) is 1. The number of nitrogens with zero attached hydrogens (tertiary/aromatic N) is 1. The van der Waals surface area contributed by atoms with Crippen molar-refractivity contribution in [3.63, 3.8) is 0 Å². The Balaban J connectivity index is 2.33. The van der Waals surface area contributed by atoms with Crippen molar-refractivity contribution >= 4 is 11.6 Å². The third kappa shape index (κ3) is 3.55. The number of carbonyl (C=O) groups excluding carboxylic acids is 1. The molecule has 4 nitrogen and oxygen atoms in total. The van der Waals surface area contributed by atoms with Crippen LogP contribution in [0.1, 0.15) is 26.7 Å². The lowest BCUT2D eigenvalue weighted by molar-refractivity contribution is -0.123. The molecule has 74 valence electrons. The molecule has 1 rings (SSSR count). The molecule has 0 aromatic rings. The largest absolute Gasteiger partial charge is 0.375 e. The maximum absolute atomic E-state index is 11.1. The molecule has 1 heterocycles. The number of hydrogen-bond acceptors (Lipinski definition) is 3. The highest BCUT2D eigenvalue weighted by Gasteiger charge is 2.09. The van der Waals surface area contributed by atoms with E-state index in [1.165, 1.54) is 0 Å². The van der Waals surface area contributed by atoms with Crippen molar-refractivity contribution in [3.8, 4) is 0 Å². The molecule has 1 amide bonds. The zero-order valence-electron chi connectivity index (χ0n) is 8.17. The molecule has 0 unspecified atom stereocenters. The van der Waals surface area contributed by atoms with Gasteiger partial charge in [-0.3, -0.25) is 4.79 Å². The number of amides is 1. The lowest BCUT2D eigenvalue weighted by Crippen LogP contribution is -2.27. The average Bonchev–Trinajstić information content (AvgIpc) is 2.15. The van der Waals surface area contributed by atoms with Gasteiger partial charge in [0.1, 0.15) is 0 Å². The molecule has 1 fully saturated rings. The number of carbonyl (C=O) groups is 1. The third-order valence-electron chi connectivity index (χ3n) is 1.87. The molecule has 1 aliphatic heterocycles. The second-order valence-corrected chi connectivity index (χ2v) is 3.46. The molecule has 0 aromatic carbocycles. The first-order chi connectivity index (χ1) is 6.20. The number of hydrazone groups is 1. The summed E-state index contributed by atoms with van der Waals surface area (Å²) in [6.07, 6.45) is 1.93. The third-order valence-corrected chi connectivity index (χ3v) is 1.87. The summed E-state index contributed by atoms with van der Waals surface area (Å²) in [5.74, 6) is -0.0630. The van der Waals surface area contributed by atoms with Crippen molar-refractivity contribution in [2.45, 2.75) is 26.7 Å². The summed E-state index contributed by atoms with van der Waals surface area (Å²) in [7, 11) is 0. The highest BCUT2D eigenvalue weighted by Crippen LogP contribution is 2.02. The molecule has 0 bridgehead atoms. The lowest BCUT2D eigenvalue weighted by atomic mass is 10.2. The lowest BCUT2D eigenvalue weighted by Gasteiger charge is -2.13. The fourth-order valence-electron chi connectivity index (χ4n) is 0.992. The van der Waals surface area contributed by atoms with Crippen LogP contribution in [0.25, 0.3) is 0 Å². The Hall–Kier alpha value is -0.900. The summed E-state index contributed by atoms with van der Waals surface area (Å²) >= 11 is 0. The van der Waals surface area contributed by atoms with E-state index in [2.05, 4.69) is 10.5 Å². The molecule has 0 atom stereocenters. The molecule has 1 aliphatic rings. The van der Waals surface area contributed by atoms with Crippen molar-refractivity contribution in [2.75, 3.05) is 13.2 Å². The van der Waals surface area contributed by atoms with Gasteiger partial charge in [-0.05, 0) is 12.8 Å². The standard InChI is InChI=1S/C9H16N2O2/c1-7(2)9(12)11-10-8-4-3-5-13-6-8/h7H,3-6H2,1-2H3,(H,11,12)/b10-8-.